The zero-order valence-electron chi connectivity index (χ0n) is 23.1. The first-order valence-electron chi connectivity index (χ1n) is 13.7. The van der Waals surface area contributed by atoms with Crippen molar-refractivity contribution in [1.82, 2.24) is 15.0 Å². The molecule has 0 aliphatic carbocycles. The number of nitrogens with zero attached hydrogens (tertiary/aromatic N) is 3. The van der Waals surface area contributed by atoms with Gasteiger partial charge in [-0.05, 0) is 68.5 Å². The Balaban J connectivity index is 1.32. The maximum atomic E-state index is 12.0. The van der Waals surface area contributed by atoms with E-state index in [1.807, 2.05) is 43.3 Å². The third kappa shape index (κ3) is 7.44. The van der Waals surface area contributed by atoms with Crippen LogP contribution in [-0.2, 0) is 27.2 Å². The number of ether oxygens (including phenoxy) is 2. The largest absolute Gasteiger partial charge is 0.508 e. The predicted octanol–water partition coefficient (Wildman–Crippen LogP) is 5.03. The highest BCUT2D eigenvalue weighted by molar-refractivity contribution is 5.75. The fourth-order valence-corrected chi connectivity index (χ4v) is 4.87. The molecule has 0 radical (unpaired) electrons. The molecule has 2 aromatic carbocycles. The second-order valence-corrected chi connectivity index (χ2v) is 10.7. The van der Waals surface area contributed by atoms with Crippen LogP contribution in [0.5, 0.6) is 5.75 Å². The minimum atomic E-state index is -0.839. The van der Waals surface area contributed by atoms with Gasteiger partial charge in [0.15, 0.2) is 0 Å². The highest BCUT2D eigenvalue weighted by Gasteiger charge is 2.41. The summed E-state index contributed by atoms with van der Waals surface area (Å²) in [6.45, 7) is 10.0. The summed E-state index contributed by atoms with van der Waals surface area (Å²) in [6.07, 6.45) is 1.90. The lowest BCUT2D eigenvalue weighted by molar-refractivity contribution is -0.157. The fourth-order valence-electron chi connectivity index (χ4n) is 4.87. The molecule has 3 aromatic rings. The Morgan fingerprint density at radius 3 is 2.41 bits per heavy atom. The lowest BCUT2D eigenvalue weighted by Crippen LogP contribution is -2.46. The number of benzene rings is 2. The van der Waals surface area contributed by atoms with Crippen LogP contribution in [0.1, 0.15) is 44.7 Å². The van der Waals surface area contributed by atoms with E-state index in [-0.39, 0.29) is 12.4 Å². The van der Waals surface area contributed by atoms with Crippen LogP contribution in [0.15, 0.2) is 47.0 Å². The van der Waals surface area contributed by atoms with Crippen LogP contribution in [0.2, 0.25) is 0 Å². The van der Waals surface area contributed by atoms with E-state index in [1.165, 1.54) is 0 Å². The van der Waals surface area contributed by atoms with Gasteiger partial charge in [0.2, 0.25) is 5.82 Å². The molecule has 2 heterocycles. The van der Waals surface area contributed by atoms with Crippen molar-refractivity contribution < 1.29 is 29.0 Å². The standard InChI is InChI=1S/C30H39N3O6/c1-4-37-15-16-38-20-30(29(35)36)11-13-33(14-12-30)19-22-5-7-23(8-6-22)27-31-28(39-32-27)25-10-9-24(17-21(2)3)26(34)18-25/h5-10,18,21,34H,4,11-17,19-20H2,1-3H3,(H,35,36). The predicted molar refractivity (Wildman–Crippen MR) is 147 cm³/mol. The maximum Gasteiger partial charge on any atom is 0.312 e. The van der Waals surface area contributed by atoms with Gasteiger partial charge in [0, 0.05) is 24.3 Å². The first-order valence-corrected chi connectivity index (χ1v) is 13.7. The highest BCUT2D eigenvalue weighted by Crippen LogP contribution is 2.33. The molecule has 0 saturated carbocycles. The SMILES string of the molecule is CCOCCOCC1(C(=O)O)CCN(Cc2ccc(-c3noc(-c4ccc(CC(C)C)c(O)c4)n3)cc2)CC1. The van der Waals surface area contributed by atoms with E-state index >= 15 is 0 Å². The minimum Gasteiger partial charge on any atom is -0.508 e. The Morgan fingerprint density at radius 2 is 1.77 bits per heavy atom. The van der Waals surface area contributed by atoms with Gasteiger partial charge in [-0.1, -0.05) is 49.3 Å². The summed E-state index contributed by atoms with van der Waals surface area (Å²) >= 11 is 0. The number of carbonyl (C=O) groups is 1. The number of phenolic OH excluding ortho intramolecular Hbond substituents is 1. The van der Waals surface area contributed by atoms with Gasteiger partial charge < -0.3 is 24.2 Å². The Labute approximate surface area is 229 Å². The van der Waals surface area contributed by atoms with E-state index < -0.39 is 11.4 Å². The molecule has 1 aromatic heterocycles. The molecule has 1 fully saturated rings. The quantitative estimate of drug-likeness (QED) is 0.290. The average molecular weight is 538 g/mol. The normalized spacial score (nSPS) is 15.6. The molecule has 39 heavy (non-hydrogen) atoms. The van der Waals surface area contributed by atoms with Gasteiger partial charge in [-0.25, -0.2) is 0 Å². The topological polar surface area (TPSA) is 118 Å². The number of piperidine rings is 1. The summed E-state index contributed by atoms with van der Waals surface area (Å²) < 4.78 is 16.4. The summed E-state index contributed by atoms with van der Waals surface area (Å²) in [7, 11) is 0. The average Bonchev–Trinajstić information content (AvgIpc) is 3.41. The number of carboxylic acids is 1. The number of hydrogen-bond acceptors (Lipinski definition) is 8. The van der Waals surface area contributed by atoms with Crippen molar-refractivity contribution in [3.63, 3.8) is 0 Å². The summed E-state index contributed by atoms with van der Waals surface area (Å²) in [5.74, 6) is 0.735. The highest BCUT2D eigenvalue weighted by atomic mass is 16.5. The van der Waals surface area contributed by atoms with Crippen LogP contribution in [0.3, 0.4) is 0 Å². The van der Waals surface area contributed by atoms with Crippen molar-refractivity contribution in [3.8, 4) is 28.6 Å². The van der Waals surface area contributed by atoms with E-state index in [0.717, 1.165) is 29.7 Å². The molecule has 0 spiro atoms. The number of phenols is 1. The van der Waals surface area contributed by atoms with Gasteiger partial charge in [0.1, 0.15) is 5.75 Å². The second kappa shape index (κ2) is 13.2. The number of likely N-dealkylation sites (tertiary alicyclic amines) is 1. The van der Waals surface area contributed by atoms with Crippen LogP contribution in [-0.4, -0.2) is 70.7 Å². The van der Waals surface area contributed by atoms with Crippen LogP contribution in [0, 0.1) is 11.3 Å². The zero-order valence-corrected chi connectivity index (χ0v) is 23.1. The maximum absolute atomic E-state index is 12.0. The van der Waals surface area contributed by atoms with E-state index in [4.69, 9.17) is 14.0 Å². The molecule has 4 rings (SSSR count). The third-order valence-electron chi connectivity index (χ3n) is 7.23. The van der Waals surface area contributed by atoms with Gasteiger partial charge in [0.25, 0.3) is 5.89 Å². The first-order chi connectivity index (χ1) is 18.8. The van der Waals surface area contributed by atoms with E-state index in [9.17, 15) is 15.0 Å². The van der Waals surface area contributed by atoms with Gasteiger partial charge in [0.05, 0.1) is 25.2 Å². The van der Waals surface area contributed by atoms with Crippen LogP contribution < -0.4 is 0 Å². The molecule has 0 amide bonds. The Hall–Kier alpha value is -3.27. The second-order valence-electron chi connectivity index (χ2n) is 10.7. The van der Waals surface area contributed by atoms with E-state index in [0.29, 0.717) is 68.9 Å². The van der Waals surface area contributed by atoms with Crippen molar-refractivity contribution in [2.45, 2.75) is 46.6 Å². The number of carboxylic acid groups (broad SMARTS) is 1. The summed E-state index contributed by atoms with van der Waals surface area (Å²) in [5.41, 5.74) is 2.70. The van der Waals surface area contributed by atoms with Crippen LogP contribution in [0.25, 0.3) is 22.8 Å². The van der Waals surface area contributed by atoms with Gasteiger partial charge >= 0.3 is 5.97 Å². The molecule has 9 nitrogen and oxygen atoms in total. The van der Waals surface area contributed by atoms with E-state index in [1.54, 1.807) is 6.07 Å². The summed E-state index contributed by atoms with van der Waals surface area (Å²) in [4.78, 5) is 18.8. The summed E-state index contributed by atoms with van der Waals surface area (Å²) in [6, 6.07) is 13.5. The van der Waals surface area contributed by atoms with Crippen molar-refractivity contribution in [2.24, 2.45) is 11.3 Å². The number of rotatable bonds is 13. The number of aromatic nitrogens is 2. The van der Waals surface area contributed by atoms with Crippen LogP contribution in [0.4, 0.5) is 0 Å². The minimum absolute atomic E-state index is 0.215. The number of hydrogen-bond donors (Lipinski definition) is 2. The monoisotopic (exact) mass is 537 g/mol. The zero-order chi connectivity index (χ0) is 27.8. The van der Waals surface area contributed by atoms with Crippen molar-refractivity contribution in [3.05, 3.63) is 53.6 Å². The molecule has 0 bridgehead atoms. The fraction of sp³-hybridized carbons (Fsp3) is 0.500. The Bertz CT molecular complexity index is 1220. The molecule has 1 saturated heterocycles. The molecule has 210 valence electrons. The third-order valence-corrected chi connectivity index (χ3v) is 7.23. The lowest BCUT2D eigenvalue weighted by atomic mass is 9.79. The number of aromatic hydroxyl groups is 1. The first kappa shape index (κ1) is 28.7. The molecular formula is C30H39N3O6. The van der Waals surface area contributed by atoms with E-state index in [2.05, 4.69) is 28.9 Å². The molecule has 1 aliphatic heterocycles. The molecular weight excluding hydrogens is 498 g/mol. The molecule has 1 aliphatic rings. The van der Waals surface area contributed by atoms with Gasteiger partial charge in [-0.15, -0.1) is 0 Å². The summed E-state index contributed by atoms with van der Waals surface area (Å²) in [5, 5.41) is 24.4. The van der Waals surface area contributed by atoms with Crippen molar-refractivity contribution in [1.29, 1.82) is 0 Å². The van der Waals surface area contributed by atoms with Crippen LogP contribution >= 0.6 is 0 Å². The van der Waals surface area contributed by atoms with Gasteiger partial charge in [-0.2, -0.15) is 4.98 Å². The van der Waals surface area contributed by atoms with Crippen molar-refractivity contribution >= 4 is 5.97 Å². The molecule has 2 N–H and O–H groups in total. The Morgan fingerprint density at radius 1 is 1.08 bits per heavy atom. The molecule has 0 atom stereocenters. The van der Waals surface area contributed by atoms with Gasteiger partial charge in [-0.3, -0.25) is 9.69 Å². The molecule has 9 heteroatoms. The number of aliphatic carboxylic acids is 1. The van der Waals surface area contributed by atoms with Crippen molar-refractivity contribution in [2.75, 3.05) is 39.5 Å². The smallest absolute Gasteiger partial charge is 0.312 e. The lowest BCUT2D eigenvalue weighted by Gasteiger charge is -2.38. The Kier molecular flexibility index (Phi) is 9.72. The molecule has 0 unspecified atom stereocenters.